The van der Waals surface area contributed by atoms with Crippen molar-refractivity contribution in [2.24, 2.45) is 5.92 Å². The molecule has 5 N–H and O–H groups in total. The molecule has 1 saturated carbocycles. The molecule has 2 fully saturated rings. The Balaban J connectivity index is 1.53. The van der Waals surface area contributed by atoms with Crippen molar-refractivity contribution in [3.05, 3.63) is 34.9 Å². The van der Waals surface area contributed by atoms with E-state index < -0.39 is 37.3 Å². The summed E-state index contributed by atoms with van der Waals surface area (Å²) in [6, 6.07) is 4.57. The fourth-order valence-electron chi connectivity index (χ4n) is 3.70. The van der Waals surface area contributed by atoms with Crippen molar-refractivity contribution in [1.29, 1.82) is 0 Å². The van der Waals surface area contributed by atoms with E-state index in [-0.39, 0.29) is 5.78 Å². The Morgan fingerprint density at radius 1 is 1.15 bits per heavy atom. The van der Waals surface area contributed by atoms with Crippen LogP contribution >= 0.6 is 0 Å². The molecule has 1 aliphatic heterocycles. The average Bonchev–Trinajstić information content (AvgIpc) is 3.46. The van der Waals surface area contributed by atoms with E-state index in [0.29, 0.717) is 18.0 Å². The Morgan fingerprint density at radius 3 is 2.62 bits per heavy atom. The second-order valence-electron chi connectivity index (χ2n) is 7.29. The molecule has 140 valence electrons. The topological polar surface area (TPSA) is 119 Å². The van der Waals surface area contributed by atoms with Gasteiger partial charge in [0.25, 0.3) is 0 Å². The van der Waals surface area contributed by atoms with E-state index in [4.69, 9.17) is 9.84 Å². The van der Waals surface area contributed by atoms with Gasteiger partial charge in [0.15, 0.2) is 12.1 Å². The van der Waals surface area contributed by atoms with Gasteiger partial charge in [0.2, 0.25) is 0 Å². The first kappa shape index (κ1) is 17.6. The van der Waals surface area contributed by atoms with Crippen LogP contribution in [0.2, 0.25) is 0 Å². The fraction of sp³-hybridized carbons (Fsp3) is 0.526. The zero-order chi connectivity index (χ0) is 18.4. The van der Waals surface area contributed by atoms with Crippen LogP contribution in [0, 0.1) is 5.92 Å². The lowest BCUT2D eigenvalue weighted by Crippen LogP contribution is -2.61. The number of Topliss-reactive ketones (excluding diaryl/α,β-unsaturated/α-hetero) is 1. The molecule has 1 heterocycles. The molecule has 5 atom stereocenters. The molecule has 4 rings (SSSR count). The molecule has 0 radical (unpaired) electrons. The number of aliphatic hydroxyl groups excluding tert-OH is 4. The first-order valence-corrected chi connectivity index (χ1v) is 8.92. The van der Waals surface area contributed by atoms with Gasteiger partial charge in [0, 0.05) is 12.1 Å². The van der Waals surface area contributed by atoms with Crippen LogP contribution in [0.4, 0.5) is 5.69 Å². The highest BCUT2D eigenvalue weighted by atomic mass is 16.6. The van der Waals surface area contributed by atoms with Crippen molar-refractivity contribution in [3.8, 4) is 0 Å². The predicted octanol–water partition coefficient (Wildman–Crippen LogP) is -0.183. The number of ketones is 1. The second kappa shape index (κ2) is 6.75. The lowest BCUT2D eigenvalue weighted by molar-refractivity contribution is -0.245. The molecule has 0 bridgehead atoms. The van der Waals surface area contributed by atoms with E-state index in [2.05, 4.69) is 5.32 Å². The summed E-state index contributed by atoms with van der Waals surface area (Å²) in [7, 11) is 0. The van der Waals surface area contributed by atoms with Crippen LogP contribution in [0.5, 0.6) is 0 Å². The number of hydrogen-bond acceptors (Lipinski definition) is 7. The normalized spacial score (nSPS) is 34.2. The molecular weight excluding hydrogens is 338 g/mol. The molecule has 26 heavy (non-hydrogen) atoms. The van der Waals surface area contributed by atoms with Crippen LogP contribution in [0.1, 0.15) is 24.0 Å². The fourth-order valence-corrected chi connectivity index (χ4v) is 3.70. The van der Waals surface area contributed by atoms with Crippen molar-refractivity contribution < 1.29 is 30.0 Å². The lowest BCUT2D eigenvalue weighted by atomic mass is 9.88. The van der Waals surface area contributed by atoms with Crippen LogP contribution in [0.25, 0.3) is 6.08 Å². The number of nitrogens with one attached hydrogen (secondary N) is 1. The maximum atomic E-state index is 12.3. The maximum absolute atomic E-state index is 12.3. The molecule has 1 aromatic rings. The number of hydrogen-bond donors (Lipinski definition) is 5. The highest BCUT2D eigenvalue weighted by molar-refractivity contribution is 6.04. The zero-order valence-electron chi connectivity index (χ0n) is 14.2. The number of rotatable bonds is 4. The minimum absolute atomic E-state index is 0.152. The van der Waals surface area contributed by atoms with Crippen molar-refractivity contribution in [3.63, 3.8) is 0 Å². The van der Waals surface area contributed by atoms with Crippen LogP contribution in [0.15, 0.2) is 23.8 Å². The van der Waals surface area contributed by atoms with E-state index in [1.165, 1.54) is 0 Å². The molecule has 1 aromatic carbocycles. The van der Waals surface area contributed by atoms with E-state index >= 15 is 0 Å². The molecule has 1 saturated heterocycles. The number of carbonyl (C=O) groups is 1. The number of carbonyl (C=O) groups excluding carboxylic acids is 1. The van der Waals surface area contributed by atoms with Crippen molar-refractivity contribution >= 4 is 17.5 Å². The Bertz CT molecular complexity index is 744. The van der Waals surface area contributed by atoms with Crippen LogP contribution < -0.4 is 5.32 Å². The summed E-state index contributed by atoms with van der Waals surface area (Å²) < 4.78 is 5.15. The Hall–Kier alpha value is -1.77. The molecule has 3 aliphatic rings. The SMILES string of the molecule is O=C1Cc2cc(NC3[C@@H](O)OC(CO)[C@H](O)[C@H]3O)ccc2C=C1C1CC1. The zero-order valence-corrected chi connectivity index (χ0v) is 14.2. The van der Waals surface area contributed by atoms with Crippen molar-refractivity contribution in [1.82, 2.24) is 0 Å². The van der Waals surface area contributed by atoms with Gasteiger partial charge < -0.3 is 30.5 Å². The Labute approximate surface area is 150 Å². The van der Waals surface area contributed by atoms with Gasteiger partial charge in [-0.3, -0.25) is 4.79 Å². The van der Waals surface area contributed by atoms with Gasteiger partial charge in [-0.2, -0.15) is 0 Å². The molecule has 2 unspecified atom stereocenters. The maximum Gasteiger partial charge on any atom is 0.178 e. The Morgan fingerprint density at radius 2 is 1.92 bits per heavy atom. The number of fused-ring (bicyclic) bond motifs is 1. The van der Waals surface area contributed by atoms with Gasteiger partial charge in [0.05, 0.1) is 6.61 Å². The van der Waals surface area contributed by atoms with Gasteiger partial charge in [-0.25, -0.2) is 0 Å². The monoisotopic (exact) mass is 361 g/mol. The molecule has 0 aromatic heterocycles. The lowest BCUT2D eigenvalue weighted by Gasteiger charge is -2.40. The van der Waals surface area contributed by atoms with Gasteiger partial charge in [-0.15, -0.1) is 0 Å². The second-order valence-corrected chi connectivity index (χ2v) is 7.29. The number of allylic oxidation sites excluding steroid dienone is 1. The van der Waals surface area contributed by atoms with Crippen molar-refractivity contribution in [2.75, 3.05) is 11.9 Å². The highest BCUT2D eigenvalue weighted by Gasteiger charge is 2.43. The summed E-state index contributed by atoms with van der Waals surface area (Å²) in [6.45, 7) is -0.501. The third-order valence-corrected chi connectivity index (χ3v) is 5.38. The van der Waals surface area contributed by atoms with E-state index in [0.717, 1.165) is 29.5 Å². The van der Waals surface area contributed by atoms with Crippen molar-refractivity contribution in [2.45, 2.75) is 49.9 Å². The molecule has 7 heteroatoms. The Kier molecular flexibility index (Phi) is 4.58. The molecular formula is C19H23NO6. The average molecular weight is 361 g/mol. The number of aliphatic hydroxyl groups is 4. The van der Waals surface area contributed by atoms with E-state index in [9.17, 15) is 20.1 Å². The molecule has 0 amide bonds. The summed E-state index contributed by atoms with van der Waals surface area (Å²) in [5.74, 6) is 0.568. The number of anilines is 1. The predicted molar refractivity (Wildman–Crippen MR) is 93.2 cm³/mol. The van der Waals surface area contributed by atoms with Gasteiger partial charge in [0.1, 0.15) is 24.4 Å². The van der Waals surface area contributed by atoms with Crippen LogP contribution in [-0.4, -0.2) is 63.5 Å². The van der Waals surface area contributed by atoms with Gasteiger partial charge in [-0.1, -0.05) is 6.07 Å². The number of benzene rings is 1. The largest absolute Gasteiger partial charge is 0.394 e. The quantitative estimate of drug-likeness (QED) is 0.505. The van der Waals surface area contributed by atoms with E-state index in [1.54, 1.807) is 6.07 Å². The third kappa shape index (κ3) is 3.17. The minimum Gasteiger partial charge on any atom is -0.394 e. The summed E-state index contributed by atoms with van der Waals surface area (Å²) in [6.07, 6.45) is -0.573. The third-order valence-electron chi connectivity index (χ3n) is 5.38. The summed E-state index contributed by atoms with van der Waals surface area (Å²) in [5.41, 5.74) is 3.43. The standard InChI is InChI=1S/C19H23NO6/c21-8-15-17(23)18(24)16(19(25)26-15)20-12-4-3-10-6-13(9-1-2-9)14(22)7-11(10)5-12/h3-6,9,15-21,23-25H,1-2,7-8H2/t15?,16?,17-,18-,19-/m0/s1. The van der Waals surface area contributed by atoms with E-state index in [1.807, 2.05) is 18.2 Å². The molecule has 2 aliphatic carbocycles. The molecule has 0 spiro atoms. The molecule has 7 nitrogen and oxygen atoms in total. The minimum atomic E-state index is -1.38. The first-order valence-electron chi connectivity index (χ1n) is 8.92. The van der Waals surface area contributed by atoms with Crippen LogP contribution in [-0.2, 0) is 16.0 Å². The van der Waals surface area contributed by atoms with Gasteiger partial charge in [-0.05, 0) is 53.7 Å². The highest BCUT2D eigenvalue weighted by Crippen LogP contribution is 2.40. The summed E-state index contributed by atoms with van der Waals surface area (Å²) in [5, 5.41) is 42.4. The smallest absolute Gasteiger partial charge is 0.178 e. The summed E-state index contributed by atoms with van der Waals surface area (Å²) >= 11 is 0. The number of ether oxygens (including phenoxy) is 1. The first-order chi connectivity index (χ1) is 12.5. The van der Waals surface area contributed by atoms with Crippen LogP contribution in [0.3, 0.4) is 0 Å². The van der Waals surface area contributed by atoms with Gasteiger partial charge >= 0.3 is 0 Å². The summed E-state index contributed by atoms with van der Waals surface area (Å²) in [4.78, 5) is 12.3.